The SMILES string of the molecule is C=C(COC1CCCC(OC)C1)[B-](F)(F)F. The molecule has 0 aromatic carbocycles. The van der Waals surface area contributed by atoms with Crippen molar-refractivity contribution in [2.24, 2.45) is 0 Å². The maximum absolute atomic E-state index is 12.2. The second-order valence-electron chi connectivity index (χ2n) is 4.19. The van der Waals surface area contributed by atoms with Crippen LogP contribution in [0.5, 0.6) is 0 Å². The predicted molar refractivity (Wildman–Crippen MR) is 57.2 cm³/mol. The molecule has 0 radical (unpaired) electrons. The molecule has 0 spiro atoms. The Kier molecular flexibility index (Phi) is 4.86. The molecule has 2 unspecified atom stereocenters. The van der Waals surface area contributed by atoms with E-state index < -0.39 is 19.1 Å². The average Bonchev–Trinajstić information content (AvgIpc) is 2.25. The minimum absolute atomic E-state index is 0.114. The molecular formula is C10H17BF3O2-. The van der Waals surface area contributed by atoms with Gasteiger partial charge in [0.1, 0.15) is 0 Å². The molecule has 1 aliphatic rings. The van der Waals surface area contributed by atoms with Crippen LogP contribution >= 0.6 is 0 Å². The topological polar surface area (TPSA) is 18.5 Å². The van der Waals surface area contributed by atoms with Crippen molar-refractivity contribution >= 4 is 6.98 Å². The molecule has 0 bridgehead atoms. The van der Waals surface area contributed by atoms with Crippen molar-refractivity contribution in [2.75, 3.05) is 13.7 Å². The minimum atomic E-state index is -4.97. The molecule has 0 N–H and O–H groups in total. The zero-order valence-corrected chi connectivity index (χ0v) is 9.43. The van der Waals surface area contributed by atoms with Gasteiger partial charge in [-0.15, -0.1) is 12.1 Å². The minimum Gasteiger partial charge on any atom is -0.445 e. The van der Waals surface area contributed by atoms with Gasteiger partial charge in [0, 0.05) is 13.7 Å². The molecule has 0 aromatic heterocycles. The number of halogens is 3. The fourth-order valence-electron chi connectivity index (χ4n) is 1.79. The van der Waals surface area contributed by atoms with Gasteiger partial charge in [0.2, 0.25) is 0 Å². The first-order chi connectivity index (χ1) is 7.43. The van der Waals surface area contributed by atoms with Crippen LogP contribution in [0.25, 0.3) is 0 Å². The Morgan fingerprint density at radius 3 is 2.50 bits per heavy atom. The van der Waals surface area contributed by atoms with Crippen molar-refractivity contribution < 1.29 is 22.4 Å². The molecule has 2 atom stereocenters. The summed E-state index contributed by atoms with van der Waals surface area (Å²) in [5, 5.41) is 0. The molecule has 1 fully saturated rings. The first-order valence-electron chi connectivity index (χ1n) is 5.45. The smallest absolute Gasteiger partial charge is 0.445 e. The highest BCUT2D eigenvalue weighted by Crippen LogP contribution is 2.25. The lowest BCUT2D eigenvalue weighted by Crippen LogP contribution is -2.30. The maximum atomic E-state index is 12.2. The van der Waals surface area contributed by atoms with Crippen molar-refractivity contribution in [1.82, 2.24) is 0 Å². The van der Waals surface area contributed by atoms with Crippen molar-refractivity contribution in [3.63, 3.8) is 0 Å². The monoisotopic (exact) mass is 237 g/mol. The summed E-state index contributed by atoms with van der Waals surface area (Å²) in [5.41, 5.74) is -0.764. The average molecular weight is 237 g/mol. The summed E-state index contributed by atoms with van der Waals surface area (Å²) >= 11 is 0. The van der Waals surface area contributed by atoms with Crippen LogP contribution in [0.1, 0.15) is 25.7 Å². The summed E-state index contributed by atoms with van der Waals surface area (Å²) in [7, 11) is 1.62. The largest absolute Gasteiger partial charge is 0.507 e. The van der Waals surface area contributed by atoms with Crippen LogP contribution in [0.15, 0.2) is 12.1 Å². The van der Waals surface area contributed by atoms with E-state index in [-0.39, 0.29) is 12.2 Å². The fourth-order valence-corrected chi connectivity index (χ4v) is 1.79. The standard InChI is InChI=1S/C10H17BF3O2/c1-8(11(12,13)14)7-16-10-5-3-4-9(6-10)15-2/h9-10H,1,3-7H2,2H3/q-1. The lowest BCUT2D eigenvalue weighted by molar-refractivity contribution is -0.0217. The summed E-state index contributed by atoms with van der Waals surface area (Å²) in [4.78, 5) is 0. The molecule has 0 aromatic rings. The van der Waals surface area contributed by atoms with Gasteiger partial charge in [-0.1, -0.05) is 0 Å². The Balaban J connectivity index is 2.30. The first kappa shape index (κ1) is 13.6. The van der Waals surface area contributed by atoms with Crippen molar-refractivity contribution in [3.05, 3.63) is 12.1 Å². The van der Waals surface area contributed by atoms with E-state index in [1.54, 1.807) is 7.11 Å². The molecule has 0 saturated heterocycles. The van der Waals surface area contributed by atoms with Gasteiger partial charge in [-0.2, -0.15) is 0 Å². The summed E-state index contributed by atoms with van der Waals surface area (Å²) in [6.45, 7) is -2.38. The van der Waals surface area contributed by atoms with E-state index in [1.807, 2.05) is 0 Å². The Morgan fingerprint density at radius 1 is 1.31 bits per heavy atom. The van der Waals surface area contributed by atoms with Gasteiger partial charge >= 0.3 is 6.98 Å². The van der Waals surface area contributed by atoms with E-state index >= 15 is 0 Å². The second kappa shape index (κ2) is 5.73. The van der Waals surface area contributed by atoms with Gasteiger partial charge in [-0.25, -0.2) is 0 Å². The van der Waals surface area contributed by atoms with E-state index in [0.29, 0.717) is 6.42 Å². The number of hydrogen-bond donors (Lipinski definition) is 0. The summed E-state index contributed by atoms with van der Waals surface area (Å²) in [5.74, 6) is 0. The molecule has 6 heteroatoms. The lowest BCUT2D eigenvalue weighted by atomic mass is 9.81. The Morgan fingerprint density at radius 2 is 1.94 bits per heavy atom. The Bertz CT molecular complexity index is 243. The third-order valence-corrected chi connectivity index (χ3v) is 2.88. The molecule has 0 amide bonds. The number of hydrogen-bond acceptors (Lipinski definition) is 2. The zero-order valence-electron chi connectivity index (χ0n) is 9.43. The van der Waals surface area contributed by atoms with Crippen LogP contribution in [0.4, 0.5) is 12.9 Å². The molecule has 0 aliphatic heterocycles. The van der Waals surface area contributed by atoms with Gasteiger partial charge in [0.25, 0.3) is 0 Å². The summed E-state index contributed by atoms with van der Waals surface area (Å²) in [6.07, 6.45) is 3.36. The van der Waals surface area contributed by atoms with Gasteiger partial charge in [0.05, 0.1) is 12.2 Å². The van der Waals surface area contributed by atoms with Crippen LogP contribution < -0.4 is 0 Å². The van der Waals surface area contributed by atoms with Crippen LogP contribution in [-0.2, 0) is 9.47 Å². The molecule has 1 saturated carbocycles. The number of methoxy groups -OCH3 is 1. The van der Waals surface area contributed by atoms with E-state index in [0.717, 1.165) is 19.3 Å². The quantitative estimate of drug-likeness (QED) is 0.684. The van der Waals surface area contributed by atoms with Crippen molar-refractivity contribution in [2.45, 2.75) is 37.9 Å². The molecular weight excluding hydrogens is 220 g/mol. The second-order valence-corrected chi connectivity index (χ2v) is 4.19. The van der Waals surface area contributed by atoms with Crippen molar-refractivity contribution in [1.29, 1.82) is 0 Å². The van der Waals surface area contributed by atoms with Gasteiger partial charge in [-0.05, 0) is 25.7 Å². The Labute approximate surface area is 93.9 Å². The van der Waals surface area contributed by atoms with Crippen LogP contribution in [0, 0.1) is 0 Å². The fraction of sp³-hybridized carbons (Fsp3) is 0.800. The number of rotatable bonds is 5. The van der Waals surface area contributed by atoms with E-state index in [4.69, 9.17) is 9.47 Å². The van der Waals surface area contributed by atoms with E-state index in [1.165, 1.54) is 0 Å². The van der Waals surface area contributed by atoms with E-state index in [9.17, 15) is 12.9 Å². The highest BCUT2D eigenvalue weighted by molar-refractivity contribution is 6.66. The predicted octanol–water partition coefficient (Wildman–Crippen LogP) is 2.90. The van der Waals surface area contributed by atoms with E-state index in [2.05, 4.69) is 6.58 Å². The van der Waals surface area contributed by atoms with Gasteiger partial charge in [0.15, 0.2) is 0 Å². The third kappa shape index (κ3) is 4.18. The molecule has 1 aliphatic carbocycles. The summed E-state index contributed by atoms with van der Waals surface area (Å²) in [6, 6.07) is 0. The zero-order chi connectivity index (χ0) is 12.2. The van der Waals surface area contributed by atoms with Crippen LogP contribution in [0.2, 0.25) is 0 Å². The van der Waals surface area contributed by atoms with Crippen molar-refractivity contribution in [3.8, 4) is 0 Å². The molecule has 0 heterocycles. The van der Waals surface area contributed by atoms with Gasteiger partial charge in [-0.3, -0.25) is 0 Å². The highest BCUT2D eigenvalue weighted by Gasteiger charge is 2.28. The molecule has 94 valence electrons. The summed E-state index contributed by atoms with van der Waals surface area (Å²) < 4.78 is 47.0. The third-order valence-electron chi connectivity index (χ3n) is 2.88. The number of ether oxygens (including phenoxy) is 2. The molecule has 1 rings (SSSR count). The molecule has 16 heavy (non-hydrogen) atoms. The first-order valence-corrected chi connectivity index (χ1v) is 5.45. The van der Waals surface area contributed by atoms with Crippen LogP contribution in [0.3, 0.4) is 0 Å². The maximum Gasteiger partial charge on any atom is 0.507 e. The normalized spacial score (nSPS) is 26.8. The Hall–Kier alpha value is -0.485. The lowest BCUT2D eigenvalue weighted by Gasteiger charge is -2.29. The highest BCUT2D eigenvalue weighted by atomic mass is 19.4. The molecule has 2 nitrogen and oxygen atoms in total. The van der Waals surface area contributed by atoms with Crippen LogP contribution in [-0.4, -0.2) is 32.9 Å². The van der Waals surface area contributed by atoms with Gasteiger partial charge < -0.3 is 22.4 Å².